The summed E-state index contributed by atoms with van der Waals surface area (Å²) in [5, 5.41) is 3.74. The van der Waals surface area contributed by atoms with Crippen LogP contribution >= 0.6 is 0 Å². The molecule has 1 aliphatic rings. The highest BCUT2D eigenvalue weighted by Crippen LogP contribution is 2.10. The molecule has 0 radical (unpaired) electrons. The predicted molar refractivity (Wildman–Crippen MR) is 70.3 cm³/mol. The standard InChI is InChI=1S/C12H15N3O3S/c1-8(2)11-13-5-9(6-14-11)12(16)15-10-3-4-19(17,18)7-10/h3-6,8,10H,7H2,1-2H3,(H,15,16). The summed E-state index contributed by atoms with van der Waals surface area (Å²) >= 11 is 0. The molecule has 0 aliphatic carbocycles. The van der Waals surface area contributed by atoms with Crippen molar-refractivity contribution in [1.82, 2.24) is 15.3 Å². The van der Waals surface area contributed by atoms with Gasteiger partial charge in [0.25, 0.3) is 5.91 Å². The minimum atomic E-state index is -3.17. The Labute approximate surface area is 111 Å². The van der Waals surface area contributed by atoms with E-state index in [4.69, 9.17) is 0 Å². The highest BCUT2D eigenvalue weighted by molar-refractivity contribution is 7.94. The Morgan fingerprint density at radius 2 is 2.00 bits per heavy atom. The molecule has 1 aromatic heterocycles. The van der Waals surface area contributed by atoms with Gasteiger partial charge in [0.05, 0.1) is 17.4 Å². The lowest BCUT2D eigenvalue weighted by Crippen LogP contribution is -2.35. The predicted octanol–water partition coefficient (Wildman–Crippen LogP) is 0.641. The van der Waals surface area contributed by atoms with E-state index in [0.717, 1.165) is 5.41 Å². The van der Waals surface area contributed by atoms with E-state index in [1.165, 1.54) is 18.5 Å². The van der Waals surface area contributed by atoms with E-state index in [1.54, 1.807) is 0 Å². The van der Waals surface area contributed by atoms with Crippen LogP contribution < -0.4 is 5.32 Å². The van der Waals surface area contributed by atoms with Crippen LogP contribution in [0.3, 0.4) is 0 Å². The number of nitrogens with one attached hydrogen (secondary N) is 1. The van der Waals surface area contributed by atoms with E-state index >= 15 is 0 Å². The quantitative estimate of drug-likeness (QED) is 0.878. The summed E-state index contributed by atoms with van der Waals surface area (Å²) in [6.45, 7) is 3.92. The van der Waals surface area contributed by atoms with Crippen molar-refractivity contribution < 1.29 is 13.2 Å². The van der Waals surface area contributed by atoms with Crippen LogP contribution in [0.25, 0.3) is 0 Å². The summed E-state index contributed by atoms with van der Waals surface area (Å²) in [4.78, 5) is 20.1. The SMILES string of the molecule is CC(C)c1ncc(C(=O)NC2C=CS(=O)(=O)C2)cn1. The third-order valence-electron chi connectivity index (χ3n) is 2.70. The first-order chi connectivity index (χ1) is 8.87. The Morgan fingerprint density at radius 3 is 2.47 bits per heavy atom. The van der Waals surface area contributed by atoms with Gasteiger partial charge < -0.3 is 5.32 Å². The number of hydrogen-bond donors (Lipinski definition) is 1. The van der Waals surface area contributed by atoms with E-state index in [1.807, 2.05) is 13.8 Å². The van der Waals surface area contributed by atoms with Gasteiger partial charge in [-0.15, -0.1) is 0 Å². The monoisotopic (exact) mass is 281 g/mol. The maximum absolute atomic E-state index is 11.9. The number of carbonyl (C=O) groups excluding carboxylic acids is 1. The van der Waals surface area contributed by atoms with Crippen LogP contribution in [0.2, 0.25) is 0 Å². The first kappa shape index (κ1) is 13.7. The zero-order valence-corrected chi connectivity index (χ0v) is 11.5. The van der Waals surface area contributed by atoms with Gasteiger partial charge in [-0.1, -0.05) is 13.8 Å². The minimum Gasteiger partial charge on any atom is -0.345 e. The lowest BCUT2D eigenvalue weighted by molar-refractivity contribution is 0.0947. The summed E-state index contributed by atoms with van der Waals surface area (Å²) in [7, 11) is -3.17. The van der Waals surface area contributed by atoms with Crippen LogP contribution in [-0.2, 0) is 9.84 Å². The molecular weight excluding hydrogens is 266 g/mol. The van der Waals surface area contributed by atoms with E-state index in [-0.39, 0.29) is 17.6 Å². The lowest BCUT2D eigenvalue weighted by Gasteiger charge is -2.10. The molecule has 0 fully saturated rings. The van der Waals surface area contributed by atoms with Crippen LogP contribution in [-0.4, -0.2) is 36.1 Å². The molecule has 0 aromatic carbocycles. The largest absolute Gasteiger partial charge is 0.345 e. The summed E-state index contributed by atoms with van der Waals surface area (Å²) in [6, 6.07) is -0.484. The highest BCUT2D eigenvalue weighted by atomic mass is 32.2. The molecule has 19 heavy (non-hydrogen) atoms. The number of nitrogens with zero attached hydrogens (tertiary/aromatic N) is 2. The molecule has 0 saturated heterocycles. The zero-order valence-electron chi connectivity index (χ0n) is 10.7. The third kappa shape index (κ3) is 3.37. The Bertz CT molecular complexity index is 606. The van der Waals surface area contributed by atoms with E-state index in [2.05, 4.69) is 15.3 Å². The normalized spacial score (nSPS) is 20.7. The maximum atomic E-state index is 11.9. The molecule has 1 aliphatic heterocycles. The summed E-state index contributed by atoms with van der Waals surface area (Å²) < 4.78 is 22.4. The van der Waals surface area contributed by atoms with Crippen LogP contribution in [0.15, 0.2) is 23.9 Å². The second kappa shape index (κ2) is 5.08. The number of hydrogen-bond acceptors (Lipinski definition) is 5. The third-order valence-corrected chi connectivity index (χ3v) is 4.09. The van der Waals surface area contributed by atoms with E-state index in [0.29, 0.717) is 11.4 Å². The Kier molecular flexibility index (Phi) is 3.66. The van der Waals surface area contributed by atoms with Crippen molar-refractivity contribution in [3.05, 3.63) is 35.3 Å². The van der Waals surface area contributed by atoms with Gasteiger partial charge in [0.15, 0.2) is 9.84 Å². The molecule has 0 bridgehead atoms. The van der Waals surface area contributed by atoms with Crippen molar-refractivity contribution in [2.75, 3.05) is 5.75 Å². The van der Waals surface area contributed by atoms with Gasteiger partial charge in [-0.05, 0) is 6.08 Å². The number of amides is 1. The van der Waals surface area contributed by atoms with Gasteiger partial charge in [0.2, 0.25) is 0 Å². The molecule has 6 nitrogen and oxygen atoms in total. The van der Waals surface area contributed by atoms with Gasteiger partial charge in [0, 0.05) is 23.7 Å². The second-order valence-corrected chi connectivity index (χ2v) is 6.65. The van der Waals surface area contributed by atoms with Crippen molar-refractivity contribution in [2.24, 2.45) is 0 Å². The average Bonchev–Trinajstić information content (AvgIpc) is 2.68. The molecule has 1 amide bonds. The molecule has 1 N–H and O–H groups in total. The molecule has 102 valence electrons. The summed E-state index contributed by atoms with van der Waals surface area (Å²) in [5.41, 5.74) is 0.321. The van der Waals surface area contributed by atoms with Crippen LogP contribution in [0.5, 0.6) is 0 Å². The number of rotatable bonds is 3. The maximum Gasteiger partial charge on any atom is 0.254 e. The van der Waals surface area contributed by atoms with Crippen molar-refractivity contribution in [1.29, 1.82) is 0 Å². The summed E-state index contributed by atoms with van der Waals surface area (Å²) in [6.07, 6.45) is 4.37. The van der Waals surface area contributed by atoms with Gasteiger partial charge in [-0.2, -0.15) is 0 Å². The molecule has 0 spiro atoms. The van der Waals surface area contributed by atoms with Gasteiger partial charge >= 0.3 is 0 Å². The topological polar surface area (TPSA) is 89.0 Å². The Balaban J connectivity index is 2.03. The fraction of sp³-hybridized carbons (Fsp3) is 0.417. The Hall–Kier alpha value is -1.76. The van der Waals surface area contributed by atoms with Crippen LogP contribution in [0, 0.1) is 0 Å². The molecule has 1 unspecified atom stereocenters. The molecular formula is C12H15N3O3S. The van der Waals surface area contributed by atoms with E-state index in [9.17, 15) is 13.2 Å². The fourth-order valence-corrected chi connectivity index (χ4v) is 2.91. The fourth-order valence-electron chi connectivity index (χ4n) is 1.67. The molecule has 1 aromatic rings. The minimum absolute atomic E-state index is 0.0936. The van der Waals surface area contributed by atoms with E-state index < -0.39 is 15.9 Å². The molecule has 2 rings (SSSR count). The lowest BCUT2D eigenvalue weighted by atomic mass is 10.2. The average molecular weight is 281 g/mol. The molecule has 0 saturated carbocycles. The number of carbonyl (C=O) groups is 1. The van der Waals surface area contributed by atoms with Crippen molar-refractivity contribution in [3.63, 3.8) is 0 Å². The van der Waals surface area contributed by atoms with Crippen molar-refractivity contribution >= 4 is 15.7 Å². The first-order valence-corrected chi connectivity index (χ1v) is 7.63. The number of sulfone groups is 1. The number of aromatic nitrogens is 2. The Morgan fingerprint density at radius 1 is 1.37 bits per heavy atom. The highest BCUT2D eigenvalue weighted by Gasteiger charge is 2.23. The molecule has 1 atom stereocenters. The first-order valence-electron chi connectivity index (χ1n) is 5.91. The molecule has 7 heteroatoms. The van der Waals surface area contributed by atoms with Crippen LogP contribution in [0.4, 0.5) is 0 Å². The summed E-state index contributed by atoms with van der Waals surface area (Å²) in [5.74, 6) is 0.394. The zero-order chi connectivity index (χ0) is 14.0. The van der Waals surface area contributed by atoms with Crippen LogP contribution in [0.1, 0.15) is 35.9 Å². The molecule has 2 heterocycles. The van der Waals surface area contributed by atoms with Crippen molar-refractivity contribution in [2.45, 2.75) is 25.8 Å². The van der Waals surface area contributed by atoms with Gasteiger partial charge in [-0.25, -0.2) is 18.4 Å². The second-order valence-electron chi connectivity index (χ2n) is 4.72. The van der Waals surface area contributed by atoms with Gasteiger partial charge in [-0.3, -0.25) is 4.79 Å². The van der Waals surface area contributed by atoms with Gasteiger partial charge in [0.1, 0.15) is 5.82 Å². The van der Waals surface area contributed by atoms with Crippen molar-refractivity contribution in [3.8, 4) is 0 Å². The smallest absolute Gasteiger partial charge is 0.254 e.